The van der Waals surface area contributed by atoms with Crippen molar-refractivity contribution in [3.8, 4) is 0 Å². The lowest BCUT2D eigenvalue weighted by atomic mass is 10.1. The highest BCUT2D eigenvalue weighted by Crippen LogP contribution is 2.09. The van der Waals surface area contributed by atoms with Crippen LogP contribution in [0.1, 0.15) is 30.4 Å². The smallest absolute Gasteiger partial charge is 0.303 e. The summed E-state index contributed by atoms with van der Waals surface area (Å²) in [6, 6.07) is 7.80. The van der Waals surface area contributed by atoms with Gasteiger partial charge in [-0.3, -0.25) is 9.59 Å². The van der Waals surface area contributed by atoms with Crippen LogP contribution in [0.3, 0.4) is 0 Å². The van der Waals surface area contributed by atoms with Gasteiger partial charge in [0.05, 0.1) is 0 Å². The summed E-state index contributed by atoms with van der Waals surface area (Å²) in [6.07, 6.45) is 5.40. The van der Waals surface area contributed by atoms with Crippen LogP contribution < -0.4 is 5.73 Å². The molecule has 0 aliphatic heterocycles. The van der Waals surface area contributed by atoms with Crippen molar-refractivity contribution in [2.45, 2.75) is 25.7 Å². The lowest BCUT2D eigenvalue weighted by molar-refractivity contribution is -0.137. The molecule has 1 amide bonds. The number of carboxylic acids is 1. The van der Waals surface area contributed by atoms with Crippen molar-refractivity contribution in [2.75, 3.05) is 0 Å². The largest absolute Gasteiger partial charge is 0.481 e. The molecule has 0 saturated heterocycles. The average molecular weight is 247 g/mol. The number of carbonyl (C=O) groups excluding carboxylic acids is 1. The first kappa shape index (κ1) is 14.0. The van der Waals surface area contributed by atoms with E-state index in [0.29, 0.717) is 6.42 Å². The molecular formula is C14H17NO3. The SMILES string of the molecule is NC(=O)CC=Cc1ccc(CCCC(=O)O)cc1. The number of hydrogen-bond donors (Lipinski definition) is 2. The van der Waals surface area contributed by atoms with Crippen LogP contribution in [0.5, 0.6) is 0 Å². The molecule has 1 aromatic rings. The fraction of sp³-hybridized carbons (Fsp3) is 0.286. The topological polar surface area (TPSA) is 80.4 Å². The number of amides is 1. The first-order chi connectivity index (χ1) is 8.58. The van der Waals surface area contributed by atoms with Crippen molar-refractivity contribution in [3.05, 3.63) is 41.5 Å². The highest BCUT2D eigenvalue weighted by atomic mass is 16.4. The third-order valence-corrected chi connectivity index (χ3v) is 2.47. The fourth-order valence-corrected chi connectivity index (χ4v) is 1.55. The van der Waals surface area contributed by atoms with E-state index < -0.39 is 5.97 Å². The van der Waals surface area contributed by atoms with E-state index in [1.54, 1.807) is 6.08 Å². The monoisotopic (exact) mass is 247 g/mol. The number of carboxylic acid groups (broad SMARTS) is 1. The van der Waals surface area contributed by atoms with Crippen LogP contribution >= 0.6 is 0 Å². The third-order valence-electron chi connectivity index (χ3n) is 2.47. The van der Waals surface area contributed by atoms with Crippen LogP contribution in [0.15, 0.2) is 30.3 Å². The van der Waals surface area contributed by atoms with Crippen LogP contribution in [0.25, 0.3) is 6.08 Å². The highest BCUT2D eigenvalue weighted by Gasteiger charge is 1.98. The van der Waals surface area contributed by atoms with Gasteiger partial charge in [0.1, 0.15) is 0 Å². The van der Waals surface area contributed by atoms with Crippen LogP contribution in [-0.4, -0.2) is 17.0 Å². The van der Waals surface area contributed by atoms with Crippen molar-refractivity contribution < 1.29 is 14.7 Å². The molecule has 4 heteroatoms. The summed E-state index contributed by atoms with van der Waals surface area (Å²) in [5.41, 5.74) is 7.13. The maximum Gasteiger partial charge on any atom is 0.303 e. The van der Waals surface area contributed by atoms with E-state index in [2.05, 4.69) is 0 Å². The second-order valence-electron chi connectivity index (χ2n) is 4.06. The quantitative estimate of drug-likeness (QED) is 0.773. The molecule has 0 saturated carbocycles. The number of aryl methyl sites for hydroxylation is 1. The predicted molar refractivity (Wildman–Crippen MR) is 69.9 cm³/mol. The molecule has 0 unspecified atom stereocenters. The van der Waals surface area contributed by atoms with E-state index in [4.69, 9.17) is 10.8 Å². The summed E-state index contributed by atoms with van der Waals surface area (Å²) in [5, 5.41) is 8.53. The molecule has 0 aliphatic carbocycles. The second-order valence-corrected chi connectivity index (χ2v) is 4.06. The van der Waals surface area contributed by atoms with Gasteiger partial charge in [0, 0.05) is 12.8 Å². The van der Waals surface area contributed by atoms with E-state index in [1.807, 2.05) is 30.3 Å². The van der Waals surface area contributed by atoms with Crippen molar-refractivity contribution in [1.82, 2.24) is 0 Å². The first-order valence-corrected chi connectivity index (χ1v) is 5.83. The van der Waals surface area contributed by atoms with Gasteiger partial charge in [0.15, 0.2) is 0 Å². The Kier molecular flexibility index (Phi) is 5.64. The lowest BCUT2D eigenvalue weighted by Gasteiger charge is -2.00. The van der Waals surface area contributed by atoms with Crippen LogP contribution in [-0.2, 0) is 16.0 Å². The molecule has 0 fully saturated rings. The molecule has 96 valence electrons. The van der Waals surface area contributed by atoms with Crippen LogP contribution in [0, 0.1) is 0 Å². The molecule has 0 atom stereocenters. The van der Waals surface area contributed by atoms with Gasteiger partial charge in [-0.25, -0.2) is 0 Å². The molecule has 0 radical (unpaired) electrons. The lowest BCUT2D eigenvalue weighted by Crippen LogP contribution is -2.07. The predicted octanol–water partition coefficient (Wildman–Crippen LogP) is 1.98. The van der Waals surface area contributed by atoms with Gasteiger partial charge in [-0.1, -0.05) is 36.4 Å². The fourth-order valence-electron chi connectivity index (χ4n) is 1.55. The normalized spacial score (nSPS) is 10.7. The third kappa shape index (κ3) is 5.84. The van der Waals surface area contributed by atoms with Gasteiger partial charge in [-0.15, -0.1) is 0 Å². The van der Waals surface area contributed by atoms with E-state index in [0.717, 1.165) is 17.5 Å². The van der Waals surface area contributed by atoms with Crippen LogP contribution in [0.4, 0.5) is 0 Å². The highest BCUT2D eigenvalue weighted by molar-refractivity contribution is 5.76. The number of primary amides is 1. The molecule has 0 heterocycles. The Balaban J connectivity index is 2.44. The Hall–Kier alpha value is -2.10. The van der Waals surface area contributed by atoms with Crippen molar-refractivity contribution in [3.63, 3.8) is 0 Å². The zero-order chi connectivity index (χ0) is 13.4. The number of aliphatic carboxylic acids is 1. The van der Waals surface area contributed by atoms with Gasteiger partial charge in [-0.2, -0.15) is 0 Å². The summed E-state index contributed by atoms with van der Waals surface area (Å²) >= 11 is 0. The molecule has 18 heavy (non-hydrogen) atoms. The van der Waals surface area contributed by atoms with Crippen molar-refractivity contribution in [1.29, 1.82) is 0 Å². The minimum absolute atomic E-state index is 0.195. The van der Waals surface area contributed by atoms with Crippen LogP contribution in [0.2, 0.25) is 0 Å². The Morgan fingerprint density at radius 3 is 2.44 bits per heavy atom. The minimum atomic E-state index is -0.763. The van der Waals surface area contributed by atoms with Gasteiger partial charge in [0.25, 0.3) is 0 Å². The standard InChI is InChI=1S/C14H17NO3/c15-13(16)5-1-3-11-7-9-12(10-8-11)4-2-6-14(17)18/h1,3,7-10H,2,4-6H2,(H2,15,16)(H,17,18). The maximum absolute atomic E-state index is 10.5. The Morgan fingerprint density at radius 2 is 1.89 bits per heavy atom. The number of benzene rings is 1. The van der Waals surface area contributed by atoms with Gasteiger partial charge < -0.3 is 10.8 Å². The molecule has 3 N–H and O–H groups in total. The molecule has 0 spiro atoms. The summed E-state index contributed by atoms with van der Waals surface area (Å²) in [4.78, 5) is 20.9. The molecule has 1 rings (SSSR count). The van der Waals surface area contributed by atoms with Gasteiger partial charge in [-0.05, 0) is 24.0 Å². The average Bonchev–Trinajstić information content (AvgIpc) is 2.30. The maximum atomic E-state index is 10.5. The number of carbonyl (C=O) groups is 2. The minimum Gasteiger partial charge on any atom is -0.481 e. The van der Waals surface area contributed by atoms with E-state index in [1.165, 1.54) is 0 Å². The number of hydrogen-bond acceptors (Lipinski definition) is 2. The molecule has 1 aromatic carbocycles. The molecule has 0 aliphatic rings. The zero-order valence-electron chi connectivity index (χ0n) is 10.1. The second kappa shape index (κ2) is 7.27. The first-order valence-electron chi connectivity index (χ1n) is 5.83. The van der Waals surface area contributed by atoms with Crippen molar-refractivity contribution in [2.24, 2.45) is 5.73 Å². The molecular weight excluding hydrogens is 230 g/mol. The molecule has 0 aromatic heterocycles. The summed E-state index contributed by atoms with van der Waals surface area (Å²) in [6.45, 7) is 0. The Morgan fingerprint density at radius 1 is 1.22 bits per heavy atom. The number of nitrogens with two attached hydrogens (primary N) is 1. The van der Waals surface area contributed by atoms with Crippen molar-refractivity contribution >= 4 is 18.0 Å². The Bertz CT molecular complexity index is 435. The van der Waals surface area contributed by atoms with Gasteiger partial charge in [0.2, 0.25) is 5.91 Å². The number of rotatable bonds is 7. The van der Waals surface area contributed by atoms with E-state index in [-0.39, 0.29) is 18.7 Å². The molecule has 4 nitrogen and oxygen atoms in total. The van der Waals surface area contributed by atoms with E-state index in [9.17, 15) is 9.59 Å². The summed E-state index contributed by atoms with van der Waals surface area (Å²) in [5.74, 6) is -1.11. The summed E-state index contributed by atoms with van der Waals surface area (Å²) in [7, 11) is 0. The Labute approximate surface area is 106 Å². The summed E-state index contributed by atoms with van der Waals surface area (Å²) < 4.78 is 0. The molecule has 0 bridgehead atoms. The van der Waals surface area contributed by atoms with E-state index >= 15 is 0 Å². The zero-order valence-corrected chi connectivity index (χ0v) is 10.1. The van der Waals surface area contributed by atoms with Gasteiger partial charge >= 0.3 is 5.97 Å².